The third-order valence-corrected chi connectivity index (χ3v) is 3.47. The Bertz CT molecular complexity index is 438. The fourth-order valence-electron chi connectivity index (χ4n) is 2.18. The van der Waals surface area contributed by atoms with Crippen LogP contribution >= 0.6 is 11.6 Å². The van der Waals surface area contributed by atoms with Gasteiger partial charge in [-0.2, -0.15) is 0 Å². The molecule has 3 heteroatoms. The van der Waals surface area contributed by atoms with Crippen molar-refractivity contribution < 1.29 is 0 Å². The lowest BCUT2D eigenvalue weighted by atomic mass is 10.1. The Balaban J connectivity index is 2.25. The van der Waals surface area contributed by atoms with Crippen LogP contribution in [0, 0.1) is 0 Å². The standard InChI is InChI=1S/C14H19ClN2/c1-10-4-3-7-17(9-10)14-6-5-12(11(2)16)8-13(14)15/h4-6,8,11H,3,7,9,16H2,1-2H3. The summed E-state index contributed by atoms with van der Waals surface area (Å²) in [5.74, 6) is 0. The van der Waals surface area contributed by atoms with Crippen LogP contribution in [0.1, 0.15) is 31.9 Å². The van der Waals surface area contributed by atoms with Gasteiger partial charge in [0.2, 0.25) is 0 Å². The Morgan fingerprint density at radius 2 is 2.18 bits per heavy atom. The molecule has 1 atom stereocenters. The molecular formula is C14H19ClN2. The fraction of sp³-hybridized carbons (Fsp3) is 0.429. The van der Waals surface area contributed by atoms with E-state index in [-0.39, 0.29) is 6.04 Å². The fourth-order valence-corrected chi connectivity index (χ4v) is 2.49. The summed E-state index contributed by atoms with van der Waals surface area (Å²) in [7, 11) is 0. The molecule has 0 amide bonds. The quantitative estimate of drug-likeness (QED) is 0.814. The van der Waals surface area contributed by atoms with Crippen molar-refractivity contribution in [1.82, 2.24) is 0 Å². The Kier molecular flexibility index (Phi) is 3.75. The molecule has 2 N–H and O–H groups in total. The smallest absolute Gasteiger partial charge is 0.0643 e. The van der Waals surface area contributed by atoms with Crippen molar-refractivity contribution in [2.24, 2.45) is 5.73 Å². The lowest BCUT2D eigenvalue weighted by molar-refractivity contribution is 0.787. The van der Waals surface area contributed by atoms with E-state index in [1.54, 1.807) is 0 Å². The van der Waals surface area contributed by atoms with Crippen molar-refractivity contribution in [2.45, 2.75) is 26.3 Å². The van der Waals surface area contributed by atoms with Gasteiger partial charge < -0.3 is 10.6 Å². The van der Waals surface area contributed by atoms with Crippen molar-refractivity contribution >= 4 is 17.3 Å². The zero-order chi connectivity index (χ0) is 12.4. The molecule has 1 heterocycles. The Morgan fingerprint density at radius 3 is 2.76 bits per heavy atom. The summed E-state index contributed by atoms with van der Waals surface area (Å²) >= 11 is 6.34. The van der Waals surface area contributed by atoms with Crippen LogP contribution in [-0.4, -0.2) is 13.1 Å². The first-order chi connectivity index (χ1) is 8.08. The van der Waals surface area contributed by atoms with Gasteiger partial charge in [0, 0.05) is 19.1 Å². The molecular weight excluding hydrogens is 232 g/mol. The number of halogens is 1. The molecule has 0 bridgehead atoms. The molecule has 0 fully saturated rings. The van der Waals surface area contributed by atoms with E-state index in [1.165, 1.54) is 5.57 Å². The van der Waals surface area contributed by atoms with Crippen molar-refractivity contribution in [3.05, 3.63) is 40.4 Å². The third-order valence-electron chi connectivity index (χ3n) is 3.17. The second-order valence-electron chi connectivity index (χ2n) is 4.76. The maximum Gasteiger partial charge on any atom is 0.0643 e. The van der Waals surface area contributed by atoms with Gasteiger partial charge in [-0.25, -0.2) is 0 Å². The highest BCUT2D eigenvalue weighted by atomic mass is 35.5. The number of hydrogen-bond donors (Lipinski definition) is 1. The zero-order valence-electron chi connectivity index (χ0n) is 10.4. The molecule has 1 unspecified atom stereocenters. The van der Waals surface area contributed by atoms with Crippen LogP contribution < -0.4 is 10.6 Å². The summed E-state index contributed by atoms with van der Waals surface area (Å²) in [5, 5.41) is 0.800. The number of nitrogens with zero attached hydrogens (tertiary/aromatic N) is 1. The highest BCUT2D eigenvalue weighted by molar-refractivity contribution is 6.33. The molecule has 1 aromatic rings. The molecule has 2 nitrogen and oxygen atoms in total. The summed E-state index contributed by atoms with van der Waals surface area (Å²) in [4.78, 5) is 2.32. The first kappa shape index (κ1) is 12.5. The van der Waals surface area contributed by atoms with Crippen LogP contribution in [-0.2, 0) is 0 Å². The van der Waals surface area contributed by atoms with E-state index in [1.807, 2.05) is 13.0 Å². The maximum atomic E-state index is 6.34. The van der Waals surface area contributed by atoms with Gasteiger partial charge in [0.1, 0.15) is 0 Å². The van der Waals surface area contributed by atoms with E-state index in [9.17, 15) is 0 Å². The van der Waals surface area contributed by atoms with E-state index in [4.69, 9.17) is 17.3 Å². The Hall–Kier alpha value is -0.990. The number of anilines is 1. The minimum Gasteiger partial charge on any atom is -0.366 e. The first-order valence-electron chi connectivity index (χ1n) is 6.03. The maximum absolute atomic E-state index is 6.34. The number of hydrogen-bond acceptors (Lipinski definition) is 2. The molecule has 1 aliphatic heterocycles. The zero-order valence-corrected chi connectivity index (χ0v) is 11.2. The summed E-state index contributed by atoms with van der Waals surface area (Å²) in [6.45, 7) is 6.14. The lowest BCUT2D eigenvalue weighted by Crippen LogP contribution is -2.29. The highest BCUT2D eigenvalue weighted by Crippen LogP contribution is 2.30. The minimum absolute atomic E-state index is 0.0320. The van der Waals surface area contributed by atoms with Crippen molar-refractivity contribution in [3.8, 4) is 0 Å². The number of benzene rings is 1. The molecule has 0 radical (unpaired) electrons. The molecule has 0 saturated heterocycles. The van der Waals surface area contributed by atoms with Gasteiger partial charge in [-0.15, -0.1) is 0 Å². The predicted octanol–water partition coefficient (Wildman–Crippen LogP) is 3.52. The summed E-state index contributed by atoms with van der Waals surface area (Å²) < 4.78 is 0. The summed E-state index contributed by atoms with van der Waals surface area (Å²) in [6, 6.07) is 6.17. The second kappa shape index (κ2) is 5.11. The monoisotopic (exact) mass is 250 g/mol. The molecule has 92 valence electrons. The third kappa shape index (κ3) is 2.82. The van der Waals surface area contributed by atoms with Crippen LogP contribution in [0.25, 0.3) is 0 Å². The molecule has 0 aromatic heterocycles. The summed E-state index contributed by atoms with van der Waals surface area (Å²) in [5.41, 5.74) is 9.46. The van der Waals surface area contributed by atoms with Gasteiger partial charge in [-0.3, -0.25) is 0 Å². The second-order valence-corrected chi connectivity index (χ2v) is 5.17. The van der Waals surface area contributed by atoms with Gasteiger partial charge in [0.25, 0.3) is 0 Å². The van der Waals surface area contributed by atoms with Gasteiger partial charge in [0.15, 0.2) is 0 Å². The molecule has 2 rings (SSSR count). The largest absolute Gasteiger partial charge is 0.366 e. The van der Waals surface area contributed by atoms with E-state index >= 15 is 0 Å². The van der Waals surface area contributed by atoms with E-state index in [0.717, 1.165) is 35.8 Å². The SMILES string of the molecule is CC1=CCCN(c2ccc(C(C)N)cc2Cl)C1. The number of rotatable bonds is 2. The van der Waals surface area contributed by atoms with Crippen LogP contribution in [0.15, 0.2) is 29.8 Å². The molecule has 0 saturated carbocycles. The van der Waals surface area contributed by atoms with Gasteiger partial charge in [0.05, 0.1) is 10.7 Å². The minimum atomic E-state index is 0.0320. The lowest BCUT2D eigenvalue weighted by Gasteiger charge is -2.29. The molecule has 0 aliphatic carbocycles. The predicted molar refractivity (Wildman–Crippen MR) is 74.6 cm³/mol. The molecule has 0 spiro atoms. The molecule has 1 aromatic carbocycles. The van der Waals surface area contributed by atoms with Gasteiger partial charge in [-0.05, 0) is 38.0 Å². The van der Waals surface area contributed by atoms with Crippen LogP contribution in [0.2, 0.25) is 5.02 Å². The van der Waals surface area contributed by atoms with Crippen LogP contribution in [0.3, 0.4) is 0 Å². The molecule has 17 heavy (non-hydrogen) atoms. The topological polar surface area (TPSA) is 29.3 Å². The number of nitrogens with two attached hydrogens (primary N) is 1. The Morgan fingerprint density at radius 1 is 1.41 bits per heavy atom. The summed E-state index contributed by atoms with van der Waals surface area (Å²) in [6.07, 6.45) is 3.39. The molecule has 1 aliphatic rings. The van der Waals surface area contributed by atoms with Crippen molar-refractivity contribution in [1.29, 1.82) is 0 Å². The van der Waals surface area contributed by atoms with E-state index < -0.39 is 0 Å². The van der Waals surface area contributed by atoms with Gasteiger partial charge in [-0.1, -0.05) is 29.3 Å². The van der Waals surface area contributed by atoms with Gasteiger partial charge >= 0.3 is 0 Å². The van der Waals surface area contributed by atoms with Crippen molar-refractivity contribution in [3.63, 3.8) is 0 Å². The van der Waals surface area contributed by atoms with E-state index in [2.05, 4.69) is 30.0 Å². The first-order valence-corrected chi connectivity index (χ1v) is 6.41. The Labute approximate surface area is 108 Å². The van der Waals surface area contributed by atoms with Crippen molar-refractivity contribution in [2.75, 3.05) is 18.0 Å². The average Bonchev–Trinajstić information content (AvgIpc) is 2.28. The van der Waals surface area contributed by atoms with Crippen LogP contribution in [0.5, 0.6) is 0 Å². The average molecular weight is 251 g/mol. The highest BCUT2D eigenvalue weighted by Gasteiger charge is 2.14. The van der Waals surface area contributed by atoms with E-state index in [0.29, 0.717) is 0 Å². The van der Waals surface area contributed by atoms with Crippen LogP contribution in [0.4, 0.5) is 5.69 Å². The normalized spacial score (nSPS) is 17.9.